The quantitative estimate of drug-likeness (QED) is 0.127. The lowest BCUT2D eigenvalue weighted by Crippen LogP contribution is -2.61. The maximum atomic E-state index is 8.15. The van der Waals surface area contributed by atoms with E-state index < -0.39 is 0 Å². The molecule has 0 unspecified atom stereocenters. The van der Waals surface area contributed by atoms with Crippen molar-refractivity contribution in [1.29, 1.82) is 0 Å². The monoisotopic (exact) mass is 1240 g/mol. The first-order chi connectivity index (χ1) is 47.6. The second kappa shape index (κ2) is 22.6. The van der Waals surface area contributed by atoms with Crippen molar-refractivity contribution < 1.29 is 0 Å². The molecule has 0 saturated heterocycles. The van der Waals surface area contributed by atoms with Crippen LogP contribution in [0.5, 0.6) is 0 Å². The summed E-state index contributed by atoms with van der Waals surface area (Å²) in [5.41, 5.74) is 29.6. The summed E-state index contributed by atoms with van der Waals surface area (Å²) in [5, 5.41) is 5.41. The molecule has 4 nitrogen and oxygen atoms in total. The van der Waals surface area contributed by atoms with Crippen LogP contribution in [0.15, 0.2) is 352 Å². The van der Waals surface area contributed by atoms with Gasteiger partial charge in [0.25, 0.3) is 6.71 Å². The molecule has 2 aromatic heterocycles. The maximum absolute atomic E-state index is 8.15. The number of anilines is 6. The number of nitrogens with zero attached hydrogens (tertiary/aromatic N) is 4. The van der Waals surface area contributed by atoms with E-state index in [2.05, 4.69) is 371 Å². The van der Waals surface area contributed by atoms with Crippen LogP contribution in [0.3, 0.4) is 0 Å². The number of benzene rings is 15. The van der Waals surface area contributed by atoms with Gasteiger partial charge in [0.15, 0.2) is 0 Å². The largest absolute Gasteiger partial charge is 0.310 e. The standard InChI is InChI=1S/C90H58BClN4/c92-65-53-86-88-87(54-65)96(90-68(61-33-11-3-12-34-61)47-28-48-69(90)62-35-13-4-14-36-62)85-58-83(94-80-51-25-21-43-72(80)73-44-22-26-52-81(73)94)75(64-39-17-6-18-40-64)56-77(85)91(88)76-55-74(63-37-15-5-16-38-63)82(93-78-49-23-19-41-70(78)71-42-20-24-50-79(71)93)57-84(76)95(86)89-66(59-29-7-1-8-30-59)45-27-46-67(89)60-31-9-2-10-32-60/h1-58H. The fourth-order valence-corrected chi connectivity index (χ4v) is 16.1. The maximum Gasteiger partial charge on any atom is 0.252 e. The van der Waals surface area contributed by atoms with Gasteiger partial charge in [-0.05, 0) is 98.3 Å². The summed E-state index contributed by atoms with van der Waals surface area (Å²) in [5.74, 6) is 0. The Morgan fingerprint density at radius 3 is 0.771 bits per heavy atom. The molecule has 4 heterocycles. The predicted octanol–water partition coefficient (Wildman–Crippen LogP) is 22.6. The van der Waals surface area contributed by atoms with Gasteiger partial charge in [0, 0.05) is 82.7 Å². The van der Waals surface area contributed by atoms with Gasteiger partial charge in [-0.2, -0.15) is 0 Å². The van der Waals surface area contributed by atoms with Crippen molar-refractivity contribution in [2.24, 2.45) is 0 Å². The molecule has 0 atom stereocenters. The van der Waals surface area contributed by atoms with E-state index in [1.54, 1.807) is 0 Å². The Kier molecular flexibility index (Phi) is 13.0. The molecular formula is C90H58BClN4. The molecule has 15 aromatic carbocycles. The minimum absolute atomic E-state index is 0.359. The number of rotatable bonds is 10. The highest BCUT2D eigenvalue weighted by Gasteiger charge is 2.47. The summed E-state index contributed by atoms with van der Waals surface area (Å²) >= 11 is 8.15. The predicted molar refractivity (Wildman–Crippen MR) is 407 cm³/mol. The molecule has 448 valence electrons. The zero-order valence-electron chi connectivity index (χ0n) is 52.2. The van der Waals surface area contributed by atoms with E-state index in [0.717, 1.165) is 140 Å². The highest BCUT2D eigenvalue weighted by molar-refractivity contribution is 7.00. The normalized spacial score (nSPS) is 12.4. The molecule has 0 N–H and O–H groups in total. The average molecular weight is 1240 g/mol. The first-order valence-corrected chi connectivity index (χ1v) is 33.3. The third-order valence-electron chi connectivity index (χ3n) is 19.9. The number of hydrogen-bond acceptors (Lipinski definition) is 2. The molecule has 0 radical (unpaired) electrons. The number of hydrogen-bond donors (Lipinski definition) is 0. The van der Waals surface area contributed by atoms with Crippen molar-refractivity contribution >= 4 is 112 Å². The van der Waals surface area contributed by atoms with Crippen molar-refractivity contribution in [2.75, 3.05) is 9.80 Å². The lowest BCUT2D eigenvalue weighted by molar-refractivity contribution is 1.17. The third-order valence-corrected chi connectivity index (χ3v) is 20.2. The molecule has 17 aromatic rings. The summed E-state index contributed by atoms with van der Waals surface area (Å²) in [4.78, 5) is 5.20. The van der Waals surface area contributed by atoms with Crippen molar-refractivity contribution in [2.45, 2.75) is 0 Å². The van der Waals surface area contributed by atoms with Gasteiger partial charge in [0.1, 0.15) is 0 Å². The van der Waals surface area contributed by atoms with Crippen LogP contribution in [0.2, 0.25) is 5.02 Å². The molecule has 0 amide bonds. The van der Waals surface area contributed by atoms with Gasteiger partial charge in [-0.15, -0.1) is 0 Å². The summed E-state index contributed by atoms with van der Waals surface area (Å²) in [6, 6.07) is 130. The lowest BCUT2D eigenvalue weighted by Gasteiger charge is -2.46. The van der Waals surface area contributed by atoms with E-state index in [0.29, 0.717) is 5.02 Å². The average Bonchev–Trinajstić information content (AvgIpc) is 0.701. The van der Waals surface area contributed by atoms with Crippen molar-refractivity contribution in [3.63, 3.8) is 0 Å². The zero-order chi connectivity index (χ0) is 63.4. The van der Waals surface area contributed by atoms with Crippen LogP contribution < -0.4 is 26.2 Å². The fraction of sp³-hybridized carbons (Fsp3) is 0. The van der Waals surface area contributed by atoms with Gasteiger partial charge < -0.3 is 18.9 Å². The Labute approximate surface area is 562 Å². The van der Waals surface area contributed by atoms with Gasteiger partial charge in [-0.25, -0.2) is 0 Å². The van der Waals surface area contributed by atoms with Crippen LogP contribution in [0.25, 0.3) is 122 Å². The number of para-hydroxylation sites is 6. The minimum Gasteiger partial charge on any atom is -0.310 e. The van der Waals surface area contributed by atoms with E-state index in [9.17, 15) is 0 Å². The minimum atomic E-state index is -0.359. The number of halogens is 1. The van der Waals surface area contributed by atoms with Crippen molar-refractivity contribution in [3.05, 3.63) is 357 Å². The molecule has 2 aliphatic heterocycles. The molecule has 0 aliphatic carbocycles. The Hall–Kier alpha value is -12.1. The first kappa shape index (κ1) is 55.5. The van der Waals surface area contributed by atoms with E-state index in [1.807, 2.05) is 0 Å². The third kappa shape index (κ3) is 8.71. The Morgan fingerprint density at radius 1 is 0.219 bits per heavy atom. The molecule has 96 heavy (non-hydrogen) atoms. The van der Waals surface area contributed by atoms with Gasteiger partial charge in [0.05, 0.1) is 44.8 Å². The van der Waals surface area contributed by atoms with E-state index in [-0.39, 0.29) is 6.71 Å². The molecule has 0 bridgehead atoms. The van der Waals surface area contributed by atoms with Gasteiger partial charge >= 0.3 is 0 Å². The Morgan fingerprint density at radius 2 is 0.479 bits per heavy atom. The second-order valence-corrected chi connectivity index (χ2v) is 25.6. The van der Waals surface area contributed by atoms with Crippen LogP contribution in [0.1, 0.15) is 0 Å². The van der Waals surface area contributed by atoms with Crippen LogP contribution in [-0.4, -0.2) is 15.8 Å². The SMILES string of the molecule is Clc1cc2c3c(c1)N(c1c(-c4ccccc4)cccc1-c1ccccc1)c1cc(-n4c5ccccc5c5ccccc54)c(-c4ccccc4)cc1B3c1cc(-c3ccccc3)c(-n3c4ccccc4c4ccccc43)cc1N2c1c(-c2ccccc2)cccc1-c1ccccc1. The number of fused-ring (bicyclic) bond motifs is 10. The van der Waals surface area contributed by atoms with Crippen LogP contribution in [-0.2, 0) is 0 Å². The smallest absolute Gasteiger partial charge is 0.252 e. The van der Waals surface area contributed by atoms with E-state index >= 15 is 0 Å². The van der Waals surface area contributed by atoms with Crippen molar-refractivity contribution in [3.8, 4) is 78.1 Å². The van der Waals surface area contributed by atoms with Gasteiger partial charge in [-0.1, -0.05) is 315 Å². The molecule has 2 aliphatic rings. The molecule has 0 spiro atoms. The van der Waals surface area contributed by atoms with Gasteiger partial charge in [0.2, 0.25) is 0 Å². The summed E-state index contributed by atoms with van der Waals surface area (Å²) < 4.78 is 5.03. The van der Waals surface area contributed by atoms with E-state index in [1.165, 1.54) is 32.5 Å². The Balaban J connectivity index is 1.03. The summed E-state index contributed by atoms with van der Waals surface area (Å²) in [7, 11) is 0. The summed E-state index contributed by atoms with van der Waals surface area (Å²) in [6.45, 7) is -0.359. The highest BCUT2D eigenvalue weighted by Crippen LogP contribution is 2.55. The topological polar surface area (TPSA) is 16.3 Å². The lowest BCUT2D eigenvalue weighted by atomic mass is 9.33. The zero-order valence-corrected chi connectivity index (χ0v) is 53.0. The van der Waals surface area contributed by atoms with Crippen LogP contribution >= 0.6 is 11.6 Å². The summed E-state index contributed by atoms with van der Waals surface area (Å²) in [6.07, 6.45) is 0. The molecule has 6 heteroatoms. The van der Waals surface area contributed by atoms with Crippen LogP contribution in [0, 0.1) is 0 Å². The number of aromatic nitrogens is 2. The van der Waals surface area contributed by atoms with Crippen LogP contribution in [0.4, 0.5) is 34.1 Å². The Bertz CT molecular complexity index is 5330. The van der Waals surface area contributed by atoms with E-state index in [4.69, 9.17) is 11.6 Å². The first-order valence-electron chi connectivity index (χ1n) is 33.0. The second-order valence-electron chi connectivity index (χ2n) is 25.2. The molecule has 0 saturated carbocycles. The van der Waals surface area contributed by atoms with Crippen molar-refractivity contribution in [1.82, 2.24) is 9.13 Å². The molecular weight excluding hydrogens is 1180 g/mol. The fourth-order valence-electron chi connectivity index (χ4n) is 15.9. The molecule has 19 rings (SSSR count). The molecule has 0 fully saturated rings. The van der Waals surface area contributed by atoms with Gasteiger partial charge in [-0.3, -0.25) is 0 Å². The highest BCUT2D eigenvalue weighted by atomic mass is 35.5.